The van der Waals surface area contributed by atoms with E-state index in [0.29, 0.717) is 12.0 Å². The zero-order chi connectivity index (χ0) is 15.2. The Morgan fingerprint density at radius 1 is 1.33 bits per heavy atom. The number of hydrogen-bond donors (Lipinski definition) is 2. The van der Waals surface area contributed by atoms with E-state index in [-0.39, 0.29) is 0 Å². The first-order valence-electron chi connectivity index (χ1n) is 7.84. The van der Waals surface area contributed by atoms with Crippen LogP contribution in [0, 0.1) is 5.92 Å². The van der Waals surface area contributed by atoms with Crippen LogP contribution < -0.4 is 10.6 Å². The Morgan fingerprint density at radius 3 is 2.67 bits per heavy atom. The standard InChI is InChI=1S/C15H26BrN5/c1-4-6-17-14-13(16)15(20-10-19-14)18-8-12-5-7-21(9-12)11(2)3/h10-12H,4-9H2,1-3H3,(H2,17,18,19,20). The van der Waals surface area contributed by atoms with Crippen LogP contribution in [-0.2, 0) is 0 Å². The molecule has 0 aromatic carbocycles. The molecule has 2 rings (SSSR count). The van der Waals surface area contributed by atoms with Gasteiger partial charge in [-0.3, -0.25) is 0 Å². The van der Waals surface area contributed by atoms with Gasteiger partial charge in [0.2, 0.25) is 0 Å². The summed E-state index contributed by atoms with van der Waals surface area (Å²) >= 11 is 3.60. The number of aromatic nitrogens is 2. The van der Waals surface area contributed by atoms with Crippen molar-refractivity contribution in [3.63, 3.8) is 0 Å². The third-order valence-corrected chi connectivity index (χ3v) is 4.69. The van der Waals surface area contributed by atoms with Gasteiger partial charge in [-0.05, 0) is 55.1 Å². The molecular formula is C15H26BrN5. The molecule has 0 aliphatic carbocycles. The molecule has 0 spiro atoms. The van der Waals surface area contributed by atoms with Crippen LogP contribution in [0.25, 0.3) is 0 Å². The molecule has 1 aliphatic heterocycles. The number of anilines is 2. The van der Waals surface area contributed by atoms with Gasteiger partial charge in [-0.2, -0.15) is 0 Å². The molecule has 1 aliphatic rings. The van der Waals surface area contributed by atoms with Crippen molar-refractivity contribution in [2.75, 3.05) is 36.8 Å². The van der Waals surface area contributed by atoms with Gasteiger partial charge >= 0.3 is 0 Å². The predicted octanol–water partition coefficient (Wildman–Crippen LogP) is 3.20. The van der Waals surface area contributed by atoms with Crippen LogP contribution in [0.2, 0.25) is 0 Å². The fourth-order valence-corrected chi connectivity index (χ4v) is 3.08. The van der Waals surface area contributed by atoms with E-state index in [2.05, 4.69) is 62.2 Å². The fourth-order valence-electron chi connectivity index (χ4n) is 2.60. The van der Waals surface area contributed by atoms with Crippen LogP contribution in [0.5, 0.6) is 0 Å². The summed E-state index contributed by atoms with van der Waals surface area (Å²) in [6, 6.07) is 0.644. The minimum atomic E-state index is 0.644. The Morgan fingerprint density at radius 2 is 2.05 bits per heavy atom. The second kappa shape index (κ2) is 7.94. The van der Waals surface area contributed by atoms with Crippen molar-refractivity contribution < 1.29 is 0 Å². The molecule has 0 bridgehead atoms. The molecule has 1 atom stereocenters. The summed E-state index contributed by atoms with van der Waals surface area (Å²) in [4.78, 5) is 11.2. The van der Waals surface area contributed by atoms with Crippen molar-refractivity contribution in [3.8, 4) is 0 Å². The maximum absolute atomic E-state index is 4.34. The Hall–Kier alpha value is -0.880. The van der Waals surface area contributed by atoms with Crippen molar-refractivity contribution in [2.24, 2.45) is 5.92 Å². The molecule has 21 heavy (non-hydrogen) atoms. The summed E-state index contributed by atoms with van der Waals surface area (Å²) in [5.74, 6) is 2.44. The van der Waals surface area contributed by atoms with Crippen molar-refractivity contribution in [3.05, 3.63) is 10.8 Å². The van der Waals surface area contributed by atoms with Gasteiger partial charge < -0.3 is 15.5 Å². The van der Waals surface area contributed by atoms with Crippen molar-refractivity contribution in [2.45, 2.75) is 39.7 Å². The number of hydrogen-bond acceptors (Lipinski definition) is 5. The molecule has 1 aromatic rings. The number of nitrogens with zero attached hydrogens (tertiary/aromatic N) is 3. The van der Waals surface area contributed by atoms with E-state index in [0.717, 1.165) is 35.6 Å². The van der Waals surface area contributed by atoms with Gasteiger partial charge in [0, 0.05) is 25.7 Å². The van der Waals surface area contributed by atoms with Gasteiger partial charge in [0.15, 0.2) is 0 Å². The lowest BCUT2D eigenvalue weighted by Crippen LogP contribution is -2.29. The smallest absolute Gasteiger partial charge is 0.145 e. The van der Waals surface area contributed by atoms with Gasteiger partial charge in [0.1, 0.15) is 22.4 Å². The Balaban J connectivity index is 1.89. The van der Waals surface area contributed by atoms with E-state index in [1.165, 1.54) is 19.5 Å². The molecule has 0 radical (unpaired) electrons. The average Bonchev–Trinajstić information content (AvgIpc) is 2.94. The molecule has 6 heteroatoms. The average molecular weight is 356 g/mol. The van der Waals surface area contributed by atoms with E-state index >= 15 is 0 Å². The minimum Gasteiger partial charge on any atom is -0.369 e. The highest BCUT2D eigenvalue weighted by Crippen LogP contribution is 2.27. The second-order valence-corrected chi connectivity index (χ2v) is 6.73. The second-order valence-electron chi connectivity index (χ2n) is 5.94. The molecule has 5 nitrogen and oxygen atoms in total. The van der Waals surface area contributed by atoms with Gasteiger partial charge in [0.05, 0.1) is 0 Å². The molecular weight excluding hydrogens is 330 g/mol. The number of rotatable bonds is 7. The van der Waals surface area contributed by atoms with E-state index < -0.39 is 0 Å². The Bertz CT molecular complexity index is 452. The topological polar surface area (TPSA) is 53.1 Å². The predicted molar refractivity (Wildman–Crippen MR) is 91.8 cm³/mol. The highest BCUT2D eigenvalue weighted by Gasteiger charge is 2.24. The SMILES string of the molecule is CCCNc1ncnc(NCC2CCN(C(C)C)C2)c1Br. The molecule has 1 fully saturated rings. The maximum atomic E-state index is 4.34. The zero-order valence-corrected chi connectivity index (χ0v) is 14.8. The van der Waals surface area contributed by atoms with Crippen molar-refractivity contribution in [1.29, 1.82) is 0 Å². The first-order valence-corrected chi connectivity index (χ1v) is 8.63. The maximum Gasteiger partial charge on any atom is 0.145 e. The highest BCUT2D eigenvalue weighted by molar-refractivity contribution is 9.10. The summed E-state index contributed by atoms with van der Waals surface area (Å²) in [5.41, 5.74) is 0. The van der Waals surface area contributed by atoms with Crippen molar-refractivity contribution >= 4 is 27.6 Å². The van der Waals surface area contributed by atoms with Crippen LogP contribution in [-0.4, -0.2) is 47.1 Å². The fraction of sp³-hybridized carbons (Fsp3) is 0.733. The quantitative estimate of drug-likeness (QED) is 0.786. The van der Waals surface area contributed by atoms with Gasteiger partial charge in [-0.25, -0.2) is 9.97 Å². The largest absolute Gasteiger partial charge is 0.369 e. The van der Waals surface area contributed by atoms with Crippen LogP contribution >= 0.6 is 15.9 Å². The number of nitrogens with one attached hydrogen (secondary N) is 2. The van der Waals surface area contributed by atoms with Crippen LogP contribution in [0.4, 0.5) is 11.6 Å². The molecule has 1 saturated heterocycles. The zero-order valence-electron chi connectivity index (χ0n) is 13.2. The molecule has 1 aromatic heterocycles. The van der Waals surface area contributed by atoms with E-state index in [1.807, 2.05) is 0 Å². The number of likely N-dealkylation sites (tertiary alicyclic amines) is 1. The third kappa shape index (κ3) is 4.54. The minimum absolute atomic E-state index is 0.644. The molecule has 0 saturated carbocycles. The molecule has 2 N–H and O–H groups in total. The summed E-state index contributed by atoms with van der Waals surface area (Å²) < 4.78 is 0.928. The van der Waals surface area contributed by atoms with Gasteiger partial charge in [-0.1, -0.05) is 6.92 Å². The van der Waals surface area contributed by atoms with Crippen molar-refractivity contribution in [1.82, 2.24) is 14.9 Å². The van der Waals surface area contributed by atoms with Gasteiger partial charge in [0.25, 0.3) is 0 Å². The van der Waals surface area contributed by atoms with E-state index in [1.54, 1.807) is 6.33 Å². The summed E-state index contributed by atoms with van der Waals surface area (Å²) in [6.45, 7) is 10.9. The molecule has 118 valence electrons. The monoisotopic (exact) mass is 355 g/mol. The Kier molecular flexibility index (Phi) is 6.23. The Labute approximate surface area is 136 Å². The third-order valence-electron chi connectivity index (χ3n) is 3.94. The van der Waals surface area contributed by atoms with Crippen LogP contribution in [0.15, 0.2) is 10.8 Å². The molecule has 2 heterocycles. The van der Waals surface area contributed by atoms with E-state index in [4.69, 9.17) is 0 Å². The molecule has 0 amide bonds. The molecule has 1 unspecified atom stereocenters. The van der Waals surface area contributed by atoms with Crippen LogP contribution in [0.3, 0.4) is 0 Å². The lowest BCUT2D eigenvalue weighted by molar-refractivity contribution is 0.266. The lowest BCUT2D eigenvalue weighted by atomic mass is 10.1. The van der Waals surface area contributed by atoms with Crippen LogP contribution in [0.1, 0.15) is 33.6 Å². The first kappa shape index (κ1) is 16.5. The first-order chi connectivity index (χ1) is 10.1. The summed E-state index contributed by atoms with van der Waals surface area (Å²) in [5, 5.41) is 6.77. The summed E-state index contributed by atoms with van der Waals surface area (Å²) in [7, 11) is 0. The highest BCUT2D eigenvalue weighted by atomic mass is 79.9. The summed E-state index contributed by atoms with van der Waals surface area (Å²) in [6.07, 6.45) is 3.95. The lowest BCUT2D eigenvalue weighted by Gasteiger charge is -2.20. The van der Waals surface area contributed by atoms with Gasteiger partial charge in [-0.15, -0.1) is 0 Å². The van der Waals surface area contributed by atoms with E-state index in [9.17, 15) is 0 Å². The number of halogens is 1. The normalized spacial score (nSPS) is 19.2.